The third-order valence-corrected chi connectivity index (χ3v) is 2.59. The molecule has 0 saturated carbocycles. The van der Waals surface area contributed by atoms with Crippen molar-refractivity contribution in [3.05, 3.63) is 18.2 Å². The molecule has 2 aromatic heterocycles. The minimum Gasteiger partial charge on any atom is -0.456 e. The third kappa shape index (κ3) is 1.21. The average Bonchev–Trinajstić information content (AvgIpc) is 2.60. The number of thioether (sulfide) groups is 1. The van der Waals surface area contributed by atoms with Crippen molar-refractivity contribution in [2.24, 2.45) is 5.73 Å². The Bertz CT molecular complexity index is 330. The van der Waals surface area contributed by atoms with Gasteiger partial charge in [0.2, 0.25) is 0 Å². The van der Waals surface area contributed by atoms with Crippen molar-refractivity contribution in [2.45, 2.75) is 4.90 Å². The Morgan fingerprint density at radius 1 is 1.45 bits per heavy atom. The summed E-state index contributed by atoms with van der Waals surface area (Å²) >= 11 is 1.75. The number of fused-ring (bicyclic) bond motifs is 2. The molecule has 0 radical (unpaired) electrons. The predicted molar refractivity (Wildman–Crippen MR) is 47.2 cm³/mol. The summed E-state index contributed by atoms with van der Waals surface area (Å²) in [6.45, 7) is 0.717. The zero-order valence-electron chi connectivity index (χ0n) is 6.04. The number of hydrogen-bond donors (Lipinski definition) is 1. The van der Waals surface area contributed by atoms with Gasteiger partial charge >= 0.3 is 0 Å². The van der Waals surface area contributed by atoms with Gasteiger partial charge in [-0.3, -0.25) is 0 Å². The molecule has 0 fully saturated rings. The second-order valence-corrected chi connectivity index (χ2v) is 3.48. The van der Waals surface area contributed by atoms with Gasteiger partial charge in [0.05, 0.1) is 4.90 Å². The summed E-state index contributed by atoms with van der Waals surface area (Å²) < 4.78 is 5.35. The quantitative estimate of drug-likeness (QED) is 0.710. The largest absolute Gasteiger partial charge is 0.456 e. The highest BCUT2D eigenvalue weighted by Crippen LogP contribution is 2.30. The van der Waals surface area contributed by atoms with Gasteiger partial charge in [0.25, 0.3) is 0 Å². The summed E-state index contributed by atoms with van der Waals surface area (Å²) in [5, 5.41) is 0. The van der Waals surface area contributed by atoms with E-state index >= 15 is 0 Å². The molecule has 0 amide bonds. The molecule has 0 aliphatic carbocycles. The van der Waals surface area contributed by atoms with Crippen molar-refractivity contribution in [1.82, 2.24) is 0 Å². The van der Waals surface area contributed by atoms with Gasteiger partial charge < -0.3 is 10.2 Å². The maximum absolute atomic E-state index is 5.38. The number of rotatable bonds is 3. The van der Waals surface area contributed by atoms with E-state index in [0.29, 0.717) is 6.54 Å². The van der Waals surface area contributed by atoms with Crippen LogP contribution in [-0.2, 0) is 0 Å². The van der Waals surface area contributed by atoms with E-state index in [9.17, 15) is 0 Å². The molecular formula is C8H9NOS. The standard InChI is InChI=1S/C8H9NOS/c9-3-4-11-8-5-6-1-2-7(8)10-6/h1-2,5H,3-4,9H2. The van der Waals surface area contributed by atoms with Crippen LogP contribution in [0.3, 0.4) is 0 Å². The minimum absolute atomic E-state index is 0.717. The molecular weight excluding hydrogens is 158 g/mol. The van der Waals surface area contributed by atoms with Crippen molar-refractivity contribution >= 4 is 22.9 Å². The Morgan fingerprint density at radius 3 is 2.91 bits per heavy atom. The normalized spacial score (nSPS) is 11.4. The van der Waals surface area contributed by atoms with E-state index in [1.807, 2.05) is 12.1 Å². The maximum atomic E-state index is 5.38. The average molecular weight is 167 g/mol. The molecule has 0 unspecified atom stereocenters. The number of hydrogen-bond acceptors (Lipinski definition) is 3. The number of benzene rings is 1. The lowest BCUT2D eigenvalue weighted by Gasteiger charge is -1.93. The topological polar surface area (TPSA) is 39.2 Å². The molecule has 2 nitrogen and oxygen atoms in total. The number of nitrogens with two attached hydrogens (primary N) is 1. The van der Waals surface area contributed by atoms with Gasteiger partial charge in [0.1, 0.15) is 11.2 Å². The van der Waals surface area contributed by atoms with Crippen LogP contribution in [0, 0.1) is 0 Å². The minimum atomic E-state index is 0.717. The van der Waals surface area contributed by atoms with E-state index < -0.39 is 0 Å². The van der Waals surface area contributed by atoms with E-state index in [1.54, 1.807) is 11.8 Å². The maximum Gasteiger partial charge on any atom is 0.141 e. The Kier molecular flexibility index (Phi) is 1.75. The Labute approximate surface area is 69.1 Å². The lowest BCUT2D eigenvalue weighted by Crippen LogP contribution is -2.00. The van der Waals surface area contributed by atoms with E-state index in [2.05, 4.69) is 6.07 Å². The fourth-order valence-corrected chi connectivity index (χ4v) is 1.83. The Balaban J connectivity index is 2.18. The summed E-state index contributed by atoms with van der Waals surface area (Å²) in [5.41, 5.74) is 7.32. The fraction of sp³-hybridized carbons (Fsp3) is 0.250. The SMILES string of the molecule is NCCSc1cc2ccc1o2. The van der Waals surface area contributed by atoms with Crippen molar-refractivity contribution in [3.8, 4) is 0 Å². The number of furan rings is 2. The smallest absolute Gasteiger partial charge is 0.141 e. The van der Waals surface area contributed by atoms with E-state index in [1.165, 1.54) is 4.90 Å². The van der Waals surface area contributed by atoms with Crippen molar-refractivity contribution in [3.63, 3.8) is 0 Å². The van der Waals surface area contributed by atoms with Crippen molar-refractivity contribution < 1.29 is 4.42 Å². The van der Waals surface area contributed by atoms with Gasteiger partial charge in [-0.05, 0) is 18.2 Å². The first-order chi connectivity index (χ1) is 5.40. The van der Waals surface area contributed by atoms with Gasteiger partial charge in [0, 0.05) is 12.3 Å². The van der Waals surface area contributed by atoms with Crippen LogP contribution in [-0.4, -0.2) is 12.3 Å². The molecule has 2 aromatic rings. The third-order valence-electron chi connectivity index (χ3n) is 1.52. The molecule has 0 atom stereocenters. The Hall–Kier alpha value is -0.670. The van der Waals surface area contributed by atoms with Crippen LogP contribution in [0.5, 0.6) is 0 Å². The summed E-state index contributed by atoms with van der Waals surface area (Å²) in [6, 6.07) is 6.02. The van der Waals surface area contributed by atoms with Crippen LogP contribution in [0.15, 0.2) is 27.5 Å². The lowest BCUT2D eigenvalue weighted by molar-refractivity contribution is 0.671. The second-order valence-electron chi connectivity index (χ2n) is 2.35. The van der Waals surface area contributed by atoms with E-state index in [-0.39, 0.29) is 0 Å². The molecule has 0 aliphatic rings. The van der Waals surface area contributed by atoms with Crippen molar-refractivity contribution in [2.75, 3.05) is 12.3 Å². The Morgan fingerprint density at radius 2 is 2.36 bits per heavy atom. The second kappa shape index (κ2) is 2.75. The van der Waals surface area contributed by atoms with Crippen LogP contribution >= 0.6 is 11.8 Å². The summed E-state index contributed by atoms with van der Waals surface area (Å²) in [5.74, 6) is 0.958. The molecule has 58 valence electrons. The molecule has 11 heavy (non-hydrogen) atoms. The van der Waals surface area contributed by atoms with Gasteiger partial charge in [0.15, 0.2) is 0 Å². The highest BCUT2D eigenvalue weighted by Gasteiger charge is 2.05. The highest BCUT2D eigenvalue weighted by atomic mass is 32.2. The van der Waals surface area contributed by atoms with Crippen LogP contribution in [0.1, 0.15) is 0 Å². The van der Waals surface area contributed by atoms with Crippen LogP contribution < -0.4 is 5.73 Å². The summed E-state index contributed by atoms with van der Waals surface area (Å²) in [6.07, 6.45) is 0. The summed E-state index contributed by atoms with van der Waals surface area (Å²) in [7, 11) is 0. The molecule has 0 aromatic carbocycles. The molecule has 2 N–H and O–H groups in total. The van der Waals surface area contributed by atoms with Gasteiger partial charge in [-0.2, -0.15) is 0 Å². The molecule has 2 bridgehead atoms. The van der Waals surface area contributed by atoms with E-state index in [4.69, 9.17) is 10.2 Å². The van der Waals surface area contributed by atoms with Crippen LogP contribution in [0.4, 0.5) is 0 Å². The van der Waals surface area contributed by atoms with Crippen molar-refractivity contribution in [1.29, 1.82) is 0 Å². The predicted octanol–water partition coefficient (Wildman–Crippen LogP) is 1.92. The molecule has 0 spiro atoms. The summed E-state index contributed by atoms with van der Waals surface area (Å²) in [4.78, 5) is 1.22. The zero-order valence-corrected chi connectivity index (χ0v) is 6.86. The molecule has 0 saturated heterocycles. The zero-order chi connectivity index (χ0) is 7.68. The first-order valence-electron chi connectivity index (χ1n) is 3.55. The van der Waals surface area contributed by atoms with Crippen LogP contribution in [0.25, 0.3) is 11.2 Å². The molecule has 2 rings (SSSR count). The van der Waals surface area contributed by atoms with Gasteiger partial charge in [-0.15, -0.1) is 11.8 Å². The lowest BCUT2D eigenvalue weighted by atomic mass is 10.4. The van der Waals surface area contributed by atoms with Gasteiger partial charge in [-0.1, -0.05) is 0 Å². The monoisotopic (exact) mass is 167 g/mol. The first kappa shape index (κ1) is 7.00. The van der Waals surface area contributed by atoms with Gasteiger partial charge in [-0.25, -0.2) is 0 Å². The molecule has 2 heterocycles. The highest BCUT2D eigenvalue weighted by molar-refractivity contribution is 7.99. The fourth-order valence-electron chi connectivity index (χ4n) is 1.04. The molecule has 0 aliphatic heterocycles. The molecule has 3 heteroatoms. The van der Waals surface area contributed by atoms with E-state index in [0.717, 1.165) is 16.9 Å². The first-order valence-corrected chi connectivity index (χ1v) is 4.53. The van der Waals surface area contributed by atoms with Crippen LogP contribution in [0.2, 0.25) is 0 Å².